The largest absolute Gasteiger partial charge is 0.504 e. The SMILES string of the molecule is CCOc1cc(/C=C(\C#N)c2nc(-c3ccc(CC)cc3)cs2)ccc1O. The second-order valence-electron chi connectivity index (χ2n) is 5.92. The van der Waals surface area contributed by atoms with Gasteiger partial charge in [-0.05, 0) is 42.7 Å². The molecule has 0 unspecified atom stereocenters. The van der Waals surface area contributed by atoms with Crippen LogP contribution in [0.1, 0.15) is 30.0 Å². The van der Waals surface area contributed by atoms with E-state index in [2.05, 4.69) is 42.2 Å². The smallest absolute Gasteiger partial charge is 0.161 e. The Morgan fingerprint density at radius 2 is 2.00 bits per heavy atom. The molecular weight excluding hydrogens is 356 g/mol. The van der Waals surface area contributed by atoms with E-state index in [0.717, 1.165) is 23.2 Å². The summed E-state index contributed by atoms with van der Waals surface area (Å²) < 4.78 is 5.40. The van der Waals surface area contributed by atoms with Crippen LogP contribution >= 0.6 is 11.3 Å². The molecule has 1 heterocycles. The number of aryl methyl sites for hydroxylation is 1. The maximum absolute atomic E-state index is 9.82. The van der Waals surface area contributed by atoms with Gasteiger partial charge in [-0.1, -0.05) is 37.3 Å². The second-order valence-corrected chi connectivity index (χ2v) is 6.78. The zero-order valence-corrected chi connectivity index (χ0v) is 16.1. The minimum atomic E-state index is 0.0829. The predicted octanol–water partition coefficient (Wildman–Crippen LogP) is 5.54. The summed E-state index contributed by atoms with van der Waals surface area (Å²) in [5, 5.41) is 22.0. The molecule has 0 saturated carbocycles. The Morgan fingerprint density at radius 1 is 1.22 bits per heavy atom. The molecule has 136 valence electrons. The lowest BCUT2D eigenvalue weighted by Crippen LogP contribution is -1.92. The van der Waals surface area contributed by atoms with Gasteiger partial charge in [-0.3, -0.25) is 0 Å². The number of ether oxygens (including phenoxy) is 1. The van der Waals surface area contributed by atoms with E-state index in [1.54, 1.807) is 24.3 Å². The number of nitriles is 1. The van der Waals surface area contributed by atoms with E-state index in [0.29, 0.717) is 22.9 Å². The van der Waals surface area contributed by atoms with Crippen molar-refractivity contribution in [2.45, 2.75) is 20.3 Å². The van der Waals surface area contributed by atoms with Crippen molar-refractivity contribution < 1.29 is 9.84 Å². The maximum Gasteiger partial charge on any atom is 0.161 e. The monoisotopic (exact) mass is 376 g/mol. The quantitative estimate of drug-likeness (QED) is 0.574. The molecule has 0 atom stereocenters. The third kappa shape index (κ3) is 4.36. The molecule has 1 aromatic heterocycles. The van der Waals surface area contributed by atoms with Gasteiger partial charge in [-0.15, -0.1) is 11.3 Å². The van der Waals surface area contributed by atoms with Gasteiger partial charge in [0, 0.05) is 10.9 Å². The number of rotatable bonds is 6. The fourth-order valence-corrected chi connectivity index (χ4v) is 3.44. The third-order valence-corrected chi connectivity index (χ3v) is 4.98. The molecule has 0 amide bonds. The van der Waals surface area contributed by atoms with E-state index in [4.69, 9.17) is 4.74 Å². The molecule has 0 bridgehead atoms. The van der Waals surface area contributed by atoms with Crippen molar-refractivity contribution in [1.82, 2.24) is 4.98 Å². The van der Waals surface area contributed by atoms with Crippen molar-refractivity contribution >= 4 is 23.0 Å². The highest BCUT2D eigenvalue weighted by atomic mass is 32.1. The Balaban J connectivity index is 1.90. The molecule has 0 aliphatic rings. The molecule has 0 saturated heterocycles. The van der Waals surface area contributed by atoms with Crippen molar-refractivity contribution in [3.63, 3.8) is 0 Å². The van der Waals surface area contributed by atoms with Gasteiger partial charge < -0.3 is 9.84 Å². The van der Waals surface area contributed by atoms with Gasteiger partial charge in [0.2, 0.25) is 0 Å². The summed E-state index contributed by atoms with van der Waals surface area (Å²) in [6, 6.07) is 15.6. The van der Waals surface area contributed by atoms with Crippen molar-refractivity contribution in [2.75, 3.05) is 6.61 Å². The Morgan fingerprint density at radius 3 is 2.67 bits per heavy atom. The topological polar surface area (TPSA) is 66.1 Å². The Kier molecular flexibility index (Phi) is 5.90. The molecule has 2 aromatic carbocycles. The van der Waals surface area contributed by atoms with Crippen molar-refractivity contribution in [3.05, 3.63) is 64.0 Å². The number of hydrogen-bond donors (Lipinski definition) is 1. The van der Waals surface area contributed by atoms with Crippen LogP contribution in [0.15, 0.2) is 47.8 Å². The summed E-state index contributed by atoms with van der Waals surface area (Å²) in [6.45, 7) is 4.44. The van der Waals surface area contributed by atoms with E-state index in [1.165, 1.54) is 16.9 Å². The van der Waals surface area contributed by atoms with Crippen molar-refractivity contribution in [3.8, 4) is 28.8 Å². The maximum atomic E-state index is 9.82. The van der Waals surface area contributed by atoms with Gasteiger partial charge in [-0.2, -0.15) is 5.26 Å². The Bertz CT molecular complexity index is 998. The van der Waals surface area contributed by atoms with Crippen molar-refractivity contribution in [2.24, 2.45) is 0 Å². The normalized spacial score (nSPS) is 11.2. The number of phenolic OH excluding ortho intramolecular Hbond substituents is 1. The first kappa shape index (κ1) is 18.7. The number of allylic oxidation sites excluding steroid dienone is 1. The summed E-state index contributed by atoms with van der Waals surface area (Å²) >= 11 is 1.44. The second kappa shape index (κ2) is 8.52. The first-order valence-electron chi connectivity index (χ1n) is 8.77. The lowest BCUT2D eigenvalue weighted by atomic mass is 10.1. The molecule has 3 aromatic rings. The summed E-state index contributed by atoms with van der Waals surface area (Å²) in [7, 11) is 0. The fraction of sp³-hybridized carbons (Fsp3) is 0.182. The van der Waals surface area contributed by atoms with Gasteiger partial charge in [-0.25, -0.2) is 4.98 Å². The molecular formula is C22H20N2O2S. The minimum Gasteiger partial charge on any atom is -0.504 e. The highest BCUT2D eigenvalue weighted by Crippen LogP contribution is 2.30. The zero-order chi connectivity index (χ0) is 19.2. The van der Waals surface area contributed by atoms with Crippen LogP contribution in [0.5, 0.6) is 11.5 Å². The van der Waals surface area contributed by atoms with Crippen LogP contribution < -0.4 is 4.74 Å². The van der Waals surface area contributed by atoms with E-state index >= 15 is 0 Å². The highest BCUT2D eigenvalue weighted by molar-refractivity contribution is 7.11. The average Bonchev–Trinajstić information content (AvgIpc) is 3.18. The van der Waals surface area contributed by atoms with Gasteiger partial charge >= 0.3 is 0 Å². The van der Waals surface area contributed by atoms with Crippen LogP contribution in [0, 0.1) is 11.3 Å². The lowest BCUT2D eigenvalue weighted by Gasteiger charge is -2.06. The Hall–Kier alpha value is -3.10. The molecule has 0 aliphatic heterocycles. The molecule has 0 aliphatic carbocycles. The summed E-state index contributed by atoms with van der Waals surface area (Å²) in [5.41, 5.74) is 4.43. The molecule has 1 N–H and O–H groups in total. The fourth-order valence-electron chi connectivity index (χ4n) is 2.64. The predicted molar refractivity (Wildman–Crippen MR) is 110 cm³/mol. The van der Waals surface area contributed by atoms with Crippen molar-refractivity contribution in [1.29, 1.82) is 5.26 Å². The van der Waals surface area contributed by atoms with Crippen LogP contribution in [0.2, 0.25) is 0 Å². The number of nitrogens with zero attached hydrogens (tertiary/aromatic N) is 2. The van der Waals surface area contributed by atoms with Gasteiger partial charge in [0.25, 0.3) is 0 Å². The van der Waals surface area contributed by atoms with E-state index < -0.39 is 0 Å². The van der Waals surface area contributed by atoms with Crippen LogP contribution in [-0.4, -0.2) is 16.7 Å². The first-order chi connectivity index (χ1) is 13.1. The third-order valence-electron chi connectivity index (χ3n) is 4.11. The lowest BCUT2D eigenvalue weighted by molar-refractivity contribution is 0.318. The molecule has 0 spiro atoms. The summed E-state index contributed by atoms with van der Waals surface area (Å²) in [6.07, 6.45) is 2.75. The summed E-state index contributed by atoms with van der Waals surface area (Å²) in [5.74, 6) is 0.485. The van der Waals surface area contributed by atoms with Crippen LogP contribution in [0.25, 0.3) is 22.9 Å². The molecule has 3 rings (SSSR count). The number of aromatic hydroxyl groups is 1. The van der Waals surface area contributed by atoms with Crippen LogP contribution in [0.3, 0.4) is 0 Å². The van der Waals surface area contributed by atoms with Crippen LogP contribution in [0.4, 0.5) is 0 Å². The average molecular weight is 376 g/mol. The van der Waals surface area contributed by atoms with E-state index in [1.807, 2.05) is 12.3 Å². The number of phenols is 1. The van der Waals surface area contributed by atoms with Gasteiger partial charge in [0.1, 0.15) is 11.1 Å². The molecule has 27 heavy (non-hydrogen) atoms. The summed E-state index contributed by atoms with van der Waals surface area (Å²) in [4.78, 5) is 4.63. The number of thiazole rings is 1. The molecule has 5 heteroatoms. The zero-order valence-electron chi connectivity index (χ0n) is 15.3. The number of benzene rings is 2. The molecule has 0 fully saturated rings. The van der Waals surface area contributed by atoms with E-state index in [-0.39, 0.29) is 5.75 Å². The highest BCUT2D eigenvalue weighted by Gasteiger charge is 2.10. The van der Waals surface area contributed by atoms with Crippen LogP contribution in [-0.2, 0) is 6.42 Å². The standard InChI is InChI=1S/C22H20N2O2S/c1-3-15-5-8-17(9-6-15)19-14-27-22(24-19)18(13-23)11-16-7-10-20(25)21(12-16)26-4-2/h5-12,14,25H,3-4H2,1-2H3/b18-11+. The number of hydrogen-bond acceptors (Lipinski definition) is 5. The van der Waals surface area contributed by atoms with Gasteiger partial charge in [0.05, 0.1) is 17.9 Å². The molecule has 4 nitrogen and oxygen atoms in total. The molecule has 0 radical (unpaired) electrons. The van der Waals surface area contributed by atoms with Gasteiger partial charge in [0.15, 0.2) is 11.5 Å². The first-order valence-corrected chi connectivity index (χ1v) is 9.65. The van der Waals surface area contributed by atoms with E-state index in [9.17, 15) is 10.4 Å². The number of aromatic nitrogens is 1. The minimum absolute atomic E-state index is 0.0829. The Labute approximate surface area is 163 Å².